The lowest BCUT2D eigenvalue weighted by Crippen LogP contribution is -2.08. The highest BCUT2D eigenvalue weighted by Crippen LogP contribution is 2.30. The van der Waals surface area contributed by atoms with Crippen LogP contribution in [0.2, 0.25) is 5.02 Å². The van der Waals surface area contributed by atoms with Crippen molar-refractivity contribution in [1.82, 2.24) is 0 Å². The van der Waals surface area contributed by atoms with Gasteiger partial charge in [0.25, 0.3) is 0 Å². The van der Waals surface area contributed by atoms with Gasteiger partial charge >= 0.3 is 5.97 Å². The van der Waals surface area contributed by atoms with Gasteiger partial charge in [0.2, 0.25) is 0 Å². The highest BCUT2D eigenvalue weighted by Gasteiger charge is 2.19. The Bertz CT molecular complexity index is 379. The third-order valence-electron chi connectivity index (χ3n) is 1.91. The van der Waals surface area contributed by atoms with Crippen LogP contribution in [0.25, 0.3) is 0 Å². The molecule has 0 amide bonds. The molecule has 2 N–H and O–H groups in total. The molecule has 0 saturated carbocycles. The molecule has 0 radical (unpaired) electrons. The van der Waals surface area contributed by atoms with E-state index in [4.69, 9.17) is 16.7 Å². The molecule has 1 rings (SSSR count). The van der Waals surface area contributed by atoms with Crippen LogP contribution in [0.4, 0.5) is 4.39 Å². The number of hydrogen-bond acceptors (Lipinski definition) is 2. The van der Waals surface area contributed by atoms with Gasteiger partial charge in [-0.05, 0) is 13.0 Å². The molecular formula is C9H8ClFO3. The summed E-state index contributed by atoms with van der Waals surface area (Å²) in [5, 5.41) is 17.7. The lowest BCUT2D eigenvalue weighted by molar-refractivity contribution is -0.138. The molecular weight excluding hydrogens is 211 g/mol. The van der Waals surface area contributed by atoms with Crippen molar-refractivity contribution in [3.63, 3.8) is 0 Å². The smallest absolute Gasteiger partial charge is 0.310 e. The zero-order valence-electron chi connectivity index (χ0n) is 7.29. The summed E-state index contributed by atoms with van der Waals surface area (Å²) in [6, 6.07) is 1.92. The van der Waals surface area contributed by atoms with Crippen LogP contribution in [0.1, 0.15) is 18.4 Å². The number of carboxylic acids is 1. The van der Waals surface area contributed by atoms with E-state index < -0.39 is 17.7 Å². The largest absolute Gasteiger partial charge is 0.508 e. The van der Waals surface area contributed by atoms with Crippen LogP contribution >= 0.6 is 11.6 Å². The van der Waals surface area contributed by atoms with E-state index in [1.54, 1.807) is 0 Å². The normalized spacial score (nSPS) is 12.5. The number of carboxylic acid groups (broad SMARTS) is 1. The summed E-state index contributed by atoms with van der Waals surface area (Å²) in [6.45, 7) is 1.35. The Kier molecular flexibility index (Phi) is 2.96. The first-order valence-corrected chi connectivity index (χ1v) is 4.22. The molecule has 1 aromatic rings. The van der Waals surface area contributed by atoms with Crippen molar-refractivity contribution in [3.05, 3.63) is 28.5 Å². The minimum atomic E-state index is -1.14. The van der Waals surface area contributed by atoms with E-state index in [0.29, 0.717) is 0 Å². The first kappa shape index (κ1) is 10.8. The van der Waals surface area contributed by atoms with E-state index in [-0.39, 0.29) is 16.3 Å². The molecule has 0 spiro atoms. The number of aliphatic carboxylic acids is 1. The summed E-state index contributed by atoms with van der Waals surface area (Å²) >= 11 is 5.39. The van der Waals surface area contributed by atoms with Gasteiger partial charge in [-0.1, -0.05) is 11.6 Å². The first-order valence-electron chi connectivity index (χ1n) is 3.84. The predicted octanol–water partition coefficient (Wildman–Crippen LogP) is 2.37. The monoisotopic (exact) mass is 218 g/mol. The van der Waals surface area contributed by atoms with Crippen molar-refractivity contribution < 1.29 is 19.4 Å². The Balaban J connectivity index is 3.22. The van der Waals surface area contributed by atoms with E-state index in [1.807, 2.05) is 0 Å². The number of hydrogen-bond donors (Lipinski definition) is 2. The standard InChI is InChI=1S/C9H8ClFO3/c1-4(9(13)14)5-2-7(11)6(10)3-8(5)12/h2-4,12H,1H3,(H,13,14). The fraction of sp³-hybridized carbons (Fsp3) is 0.222. The minimum absolute atomic E-state index is 0.0133. The molecule has 0 fully saturated rings. The second-order valence-corrected chi connectivity index (χ2v) is 3.29. The Hall–Kier alpha value is -1.29. The van der Waals surface area contributed by atoms with Gasteiger partial charge in [0.15, 0.2) is 0 Å². The molecule has 14 heavy (non-hydrogen) atoms. The molecule has 3 nitrogen and oxygen atoms in total. The number of rotatable bonds is 2. The van der Waals surface area contributed by atoms with Crippen LogP contribution in [0.3, 0.4) is 0 Å². The molecule has 0 aliphatic rings. The summed E-state index contributed by atoms with van der Waals surface area (Å²) in [5.41, 5.74) is 0.0133. The van der Waals surface area contributed by atoms with Crippen LogP contribution in [-0.4, -0.2) is 16.2 Å². The van der Waals surface area contributed by atoms with Crippen molar-refractivity contribution in [2.45, 2.75) is 12.8 Å². The maximum absolute atomic E-state index is 12.9. The van der Waals surface area contributed by atoms with Gasteiger partial charge in [0.1, 0.15) is 11.6 Å². The van der Waals surface area contributed by atoms with Gasteiger partial charge < -0.3 is 10.2 Å². The van der Waals surface area contributed by atoms with Crippen LogP contribution < -0.4 is 0 Å². The van der Waals surface area contributed by atoms with Crippen LogP contribution in [0, 0.1) is 5.82 Å². The van der Waals surface area contributed by atoms with Crippen molar-refractivity contribution >= 4 is 17.6 Å². The lowest BCUT2D eigenvalue weighted by Gasteiger charge is -2.09. The van der Waals surface area contributed by atoms with Gasteiger partial charge in [-0.3, -0.25) is 4.79 Å². The molecule has 0 heterocycles. The second kappa shape index (κ2) is 3.84. The SMILES string of the molecule is CC(C(=O)O)c1cc(F)c(Cl)cc1O. The van der Waals surface area contributed by atoms with Crippen LogP contribution in [-0.2, 0) is 4.79 Å². The van der Waals surface area contributed by atoms with Gasteiger partial charge in [-0.25, -0.2) is 4.39 Å². The molecule has 1 unspecified atom stereocenters. The molecule has 0 bridgehead atoms. The molecule has 0 aromatic heterocycles. The van der Waals surface area contributed by atoms with E-state index in [9.17, 15) is 14.3 Å². The van der Waals surface area contributed by atoms with Gasteiger partial charge in [-0.15, -0.1) is 0 Å². The van der Waals surface area contributed by atoms with Crippen molar-refractivity contribution in [3.8, 4) is 5.75 Å². The second-order valence-electron chi connectivity index (χ2n) is 2.89. The highest BCUT2D eigenvalue weighted by atomic mass is 35.5. The molecule has 1 atom stereocenters. The molecule has 1 aromatic carbocycles. The van der Waals surface area contributed by atoms with Gasteiger partial charge in [-0.2, -0.15) is 0 Å². The fourth-order valence-electron chi connectivity index (χ4n) is 1.03. The Morgan fingerprint density at radius 2 is 2.14 bits per heavy atom. The average molecular weight is 219 g/mol. The van der Waals surface area contributed by atoms with Crippen LogP contribution in [0.5, 0.6) is 5.75 Å². The number of phenols is 1. The molecule has 0 saturated heterocycles. The molecule has 0 aliphatic heterocycles. The lowest BCUT2D eigenvalue weighted by atomic mass is 10.0. The number of benzene rings is 1. The fourth-order valence-corrected chi connectivity index (χ4v) is 1.19. The quantitative estimate of drug-likeness (QED) is 0.801. The van der Waals surface area contributed by atoms with E-state index in [0.717, 1.165) is 12.1 Å². The Morgan fingerprint density at radius 1 is 1.57 bits per heavy atom. The van der Waals surface area contributed by atoms with Crippen molar-refractivity contribution in [2.75, 3.05) is 0 Å². The topological polar surface area (TPSA) is 57.5 Å². The van der Waals surface area contributed by atoms with E-state index in [1.165, 1.54) is 6.92 Å². The zero-order chi connectivity index (χ0) is 10.9. The van der Waals surface area contributed by atoms with Gasteiger partial charge in [0, 0.05) is 11.6 Å². The first-order chi connectivity index (χ1) is 6.43. The number of halogens is 2. The summed E-state index contributed by atoms with van der Waals surface area (Å²) in [6.07, 6.45) is 0. The van der Waals surface area contributed by atoms with E-state index in [2.05, 4.69) is 0 Å². The Morgan fingerprint density at radius 3 is 2.64 bits per heavy atom. The number of carbonyl (C=O) groups is 1. The highest BCUT2D eigenvalue weighted by molar-refractivity contribution is 6.30. The molecule has 76 valence electrons. The van der Waals surface area contributed by atoms with E-state index >= 15 is 0 Å². The summed E-state index contributed by atoms with van der Waals surface area (Å²) in [7, 11) is 0. The summed E-state index contributed by atoms with van der Waals surface area (Å²) < 4.78 is 12.9. The van der Waals surface area contributed by atoms with Crippen molar-refractivity contribution in [2.24, 2.45) is 0 Å². The van der Waals surface area contributed by atoms with Crippen molar-refractivity contribution in [1.29, 1.82) is 0 Å². The molecule has 0 aliphatic carbocycles. The maximum Gasteiger partial charge on any atom is 0.310 e. The van der Waals surface area contributed by atoms with Crippen LogP contribution in [0.15, 0.2) is 12.1 Å². The summed E-state index contributed by atoms with van der Waals surface area (Å²) in [4.78, 5) is 10.6. The average Bonchev–Trinajstić information content (AvgIpc) is 2.10. The predicted molar refractivity (Wildman–Crippen MR) is 49.1 cm³/mol. The summed E-state index contributed by atoms with van der Waals surface area (Å²) in [5.74, 6) is -3.16. The Labute approximate surface area is 84.7 Å². The third kappa shape index (κ3) is 1.96. The van der Waals surface area contributed by atoms with Gasteiger partial charge in [0.05, 0.1) is 10.9 Å². The number of aromatic hydroxyl groups is 1. The zero-order valence-corrected chi connectivity index (χ0v) is 8.05. The number of phenolic OH excluding ortho intramolecular Hbond substituents is 1. The minimum Gasteiger partial charge on any atom is -0.508 e. The maximum atomic E-state index is 12.9. The molecule has 5 heteroatoms. The third-order valence-corrected chi connectivity index (χ3v) is 2.20.